The Kier molecular flexibility index (Phi) is 5.70. The van der Waals surface area contributed by atoms with Crippen molar-refractivity contribution in [2.75, 3.05) is 5.32 Å². The number of halogens is 1. The lowest BCUT2D eigenvalue weighted by Gasteiger charge is -2.07. The van der Waals surface area contributed by atoms with Gasteiger partial charge in [-0.2, -0.15) is 0 Å². The van der Waals surface area contributed by atoms with E-state index >= 15 is 0 Å². The maximum atomic E-state index is 13.9. The lowest BCUT2D eigenvalue weighted by Crippen LogP contribution is -2.15. The molecule has 27 heavy (non-hydrogen) atoms. The van der Waals surface area contributed by atoms with Crippen LogP contribution in [0.25, 0.3) is 16.6 Å². The Morgan fingerprint density at radius 3 is 2.63 bits per heavy atom. The second kappa shape index (κ2) is 8.35. The van der Waals surface area contributed by atoms with E-state index in [4.69, 9.17) is 5.21 Å². The van der Waals surface area contributed by atoms with Gasteiger partial charge < -0.3 is 5.32 Å². The first kappa shape index (κ1) is 18.4. The first-order valence-electron chi connectivity index (χ1n) is 7.81. The fraction of sp³-hybridized carbons (Fsp3) is 0. The third-order valence-electron chi connectivity index (χ3n) is 3.57. The molecule has 3 aromatic rings. The summed E-state index contributed by atoms with van der Waals surface area (Å²) in [6.07, 6.45) is 3.98. The van der Waals surface area contributed by atoms with Crippen LogP contribution in [0.1, 0.15) is 15.2 Å². The van der Waals surface area contributed by atoms with Crippen LogP contribution < -0.4 is 10.8 Å². The summed E-state index contributed by atoms with van der Waals surface area (Å²) in [5.74, 6) is -1.49. The third kappa shape index (κ3) is 4.43. The van der Waals surface area contributed by atoms with Gasteiger partial charge in [-0.3, -0.25) is 14.8 Å². The summed E-state index contributed by atoms with van der Waals surface area (Å²) in [7, 11) is 0. The zero-order valence-corrected chi connectivity index (χ0v) is 14.7. The second-order valence-corrected chi connectivity index (χ2v) is 6.39. The molecule has 6 nitrogen and oxygen atoms in total. The van der Waals surface area contributed by atoms with Crippen LogP contribution in [0.4, 0.5) is 10.1 Å². The number of carbonyl (C=O) groups is 2. The van der Waals surface area contributed by atoms with E-state index in [1.807, 2.05) is 0 Å². The van der Waals surface area contributed by atoms with Crippen LogP contribution in [-0.4, -0.2) is 22.0 Å². The van der Waals surface area contributed by atoms with Crippen LogP contribution >= 0.6 is 11.3 Å². The van der Waals surface area contributed by atoms with E-state index in [9.17, 15) is 14.0 Å². The Morgan fingerprint density at radius 2 is 1.85 bits per heavy atom. The fourth-order valence-electron chi connectivity index (χ4n) is 2.28. The molecule has 0 atom stereocenters. The highest BCUT2D eigenvalue weighted by Gasteiger charge is 2.15. The number of hydrogen-bond donors (Lipinski definition) is 3. The number of thiazole rings is 1. The first-order chi connectivity index (χ1) is 13.1. The monoisotopic (exact) mass is 383 g/mol. The Balaban J connectivity index is 1.80. The van der Waals surface area contributed by atoms with Gasteiger partial charge >= 0.3 is 0 Å². The van der Waals surface area contributed by atoms with Gasteiger partial charge in [0.15, 0.2) is 0 Å². The largest absolute Gasteiger partial charge is 0.321 e. The summed E-state index contributed by atoms with van der Waals surface area (Å²) in [6.45, 7) is 0. The van der Waals surface area contributed by atoms with Crippen LogP contribution in [0.5, 0.6) is 0 Å². The summed E-state index contributed by atoms with van der Waals surface area (Å²) < 4.78 is 13.9. The van der Waals surface area contributed by atoms with E-state index in [2.05, 4.69) is 10.3 Å². The number of rotatable bonds is 5. The summed E-state index contributed by atoms with van der Waals surface area (Å²) in [5.41, 5.74) is 2.88. The van der Waals surface area contributed by atoms with Gasteiger partial charge in [0.1, 0.15) is 15.7 Å². The molecule has 0 aliphatic rings. The highest BCUT2D eigenvalue weighted by molar-refractivity contribution is 7.17. The molecule has 0 spiro atoms. The molecular formula is C19H14FN3O3S. The number of carbonyl (C=O) groups excluding carboxylic acids is 2. The van der Waals surface area contributed by atoms with Crippen molar-refractivity contribution in [3.05, 3.63) is 77.1 Å². The maximum Gasteiger partial charge on any atom is 0.267 e. The number of amides is 2. The topological polar surface area (TPSA) is 91.3 Å². The van der Waals surface area contributed by atoms with Crippen LogP contribution in [0.2, 0.25) is 0 Å². The third-order valence-corrected chi connectivity index (χ3v) is 4.60. The first-order valence-corrected chi connectivity index (χ1v) is 8.63. The van der Waals surface area contributed by atoms with Crippen molar-refractivity contribution in [1.29, 1.82) is 0 Å². The summed E-state index contributed by atoms with van der Waals surface area (Å²) in [4.78, 5) is 28.1. The van der Waals surface area contributed by atoms with E-state index in [0.717, 1.165) is 17.4 Å². The predicted molar refractivity (Wildman–Crippen MR) is 101 cm³/mol. The summed E-state index contributed by atoms with van der Waals surface area (Å²) in [5, 5.41) is 11.7. The average molecular weight is 383 g/mol. The molecular weight excluding hydrogens is 369 g/mol. The Hall–Kier alpha value is -3.36. The molecule has 0 unspecified atom stereocenters. The summed E-state index contributed by atoms with van der Waals surface area (Å²) in [6, 6.07) is 13.1. The van der Waals surface area contributed by atoms with Crippen molar-refractivity contribution in [3.63, 3.8) is 0 Å². The van der Waals surface area contributed by atoms with Gasteiger partial charge in [-0.25, -0.2) is 14.9 Å². The molecule has 0 fully saturated rings. The summed E-state index contributed by atoms with van der Waals surface area (Å²) >= 11 is 1.08. The van der Waals surface area contributed by atoms with Crippen molar-refractivity contribution >= 4 is 34.9 Å². The van der Waals surface area contributed by atoms with Crippen LogP contribution in [0, 0.1) is 5.82 Å². The Labute approximate surface area is 158 Å². The lowest BCUT2D eigenvalue weighted by molar-refractivity contribution is -0.124. The smallest absolute Gasteiger partial charge is 0.267 e. The van der Waals surface area contributed by atoms with Gasteiger partial charge in [0.05, 0.1) is 6.20 Å². The number of hydrogen-bond acceptors (Lipinski definition) is 5. The quantitative estimate of drug-likeness (QED) is 0.356. The number of para-hydroxylation sites is 1. The minimum atomic E-state index is -0.687. The molecule has 0 radical (unpaired) electrons. The van der Waals surface area contributed by atoms with Crippen LogP contribution in [0.3, 0.4) is 0 Å². The molecule has 1 heterocycles. The molecule has 2 aromatic carbocycles. The van der Waals surface area contributed by atoms with Crippen LogP contribution in [-0.2, 0) is 4.79 Å². The Bertz CT molecular complexity index is 1020. The lowest BCUT2D eigenvalue weighted by atomic mass is 10.1. The highest BCUT2D eigenvalue weighted by atomic mass is 32.1. The number of hydroxylamine groups is 1. The zero-order valence-electron chi connectivity index (χ0n) is 13.8. The maximum absolute atomic E-state index is 13.9. The van der Waals surface area contributed by atoms with Gasteiger partial charge in [0, 0.05) is 17.3 Å². The van der Waals surface area contributed by atoms with Crippen molar-refractivity contribution in [3.8, 4) is 10.6 Å². The van der Waals surface area contributed by atoms with Crippen molar-refractivity contribution in [1.82, 2.24) is 10.5 Å². The molecule has 0 bridgehead atoms. The van der Waals surface area contributed by atoms with Gasteiger partial charge in [0.25, 0.3) is 11.8 Å². The normalized spacial score (nSPS) is 10.7. The molecule has 0 aliphatic heterocycles. The van der Waals surface area contributed by atoms with Gasteiger partial charge in [0.2, 0.25) is 0 Å². The van der Waals surface area contributed by atoms with Crippen molar-refractivity contribution in [2.45, 2.75) is 0 Å². The molecule has 1 aromatic heterocycles. The molecule has 3 N–H and O–H groups in total. The van der Waals surface area contributed by atoms with Gasteiger partial charge in [-0.15, -0.1) is 11.3 Å². The zero-order chi connectivity index (χ0) is 19.2. The van der Waals surface area contributed by atoms with E-state index in [-0.39, 0.29) is 0 Å². The minimum Gasteiger partial charge on any atom is -0.321 e. The van der Waals surface area contributed by atoms with E-state index < -0.39 is 17.6 Å². The number of nitrogens with zero attached hydrogens (tertiary/aromatic N) is 1. The van der Waals surface area contributed by atoms with E-state index in [0.29, 0.717) is 26.7 Å². The SMILES string of the molecule is O=C(/C=C/c1ccccc1NC(=O)c1cnc(-c2ccccc2F)s1)NO. The second-order valence-electron chi connectivity index (χ2n) is 5.36. The standard InChI is InChI=1S/C19H14FN3O3S/c20-14-7-3-2-6-13(14)19-21-11-16(27-19)18(25)22-15-8-4-1-5-12(15)9-10-17(24)23-26/h1-11,26H,(H,22,25)(H,23,24)/b10-9+. The average Bonchev–Trinajstić information content (AvgIpc) is 3.17. The Morgan fingerprint density at radius 1 is 1.11 bits per heavy atom. The van der Waals surface area contributed by atoms with E-state index in [1.54, 1.807) is 42.5 Å². The fourth-order valence-corrected chi connectivity index (χ4v) is 3.12. The van der Waals surface area contributed by atoms with Crippen molar-refractivity contribution in [2.24, 2.45) is 0 Å². The number of aromatic nitrogens is 1. The molecule has 2 amide bonds. The van der Waals surface area contributed by atoms with Crippen LogP contribution in [0.15, 0.2) is 60.8 Å². The minimum absolute atomic E-state index is 0.320. The molecule has 0 saturated carbocycles. The van der Waals surface area contributed by atoms with Gasteiger partial charge in [-0.05, 0) is 29.8 Å². The van der Waals surface area contributed by atoms with Crippen molar-refractivity contribution < 1.29 is 19.2 Å². The number of benzene rings is 2. The molecule has 8 heteroatoms. The molecule has 0 aliphatic carbocycles. The number of nitrogens with one attached hydrogen (secondary N) is 2. The molecule has 0 saturated heterocycles. The predicted octanol–water partition coefficient (Wildman–Crippen LogP) is 3.72. The van der Waals surface area contributed by atoms with Gasteiger partial charge in [-0.1, -0.05) is 30.3 Å². The number of anilines is 1. The molecule has 136 valence electrons. The molecule has 3 rings (SSSR count). The highest BCUT2D eigenvalue weighted by Crippen LogP contribution is 2.28. The van der Waals surface area contributed by atoms with E-state index in [1.165, 1.54) is 23.8 Å².